The number of carbonyl (C=O) groups excluding carboxylic acids is 1. The first-order valence-electron chi connectivity index (χ1n) is 5.67. The fraction of sp³-hybridized carbons (Fsp3) is 0.462. The van der Waals surface area contributed by atoms with Crippen LogP contribution < -0.4 is 10.5 Å². The number of hydrogen-bond acceptors (Lipinski definition) is 5. The van der Waals surface area contributed by atoms with Crippen molar-refractivity contribution >= 4 is 23.4 Å². The molecule has 4 nitrogen and oxygen atoms in total. The van der Waals surface area contributed by atoms with Gasteiger partial charge in [-0.2, -0.15) is 0 Å². The molecule has 2 unspecified atom stereocenters. The molecule has 0 spiro atoms. The molecule has 18 heavy (non-hydrogen) atoms. The van der Waals surface area contributed by atoms with Crippen molar-refractivity contribution < 1.29 is 14.3 Å². The second-order valence-corrected chi connectivity index (χ2v) is 5.46. The van der Waals surface area contributed by atoms with Crippen LogP contribution in [0.1, 0.15) is 13.8 Å². The Morgan fingerprint density at radius 3 is 2.56 bits per heavy atom. The average molecular weight is 269 g/mol. The largest absolute Gasteiger partial charge is 0.496 e. The first-order valence-corrected chi connectivity index (χ1v) is 6.55. The maximum Gasteiger partial charge on any atom is 0.309 e. The second kappa shape index (κ2) is 6.54. The molecular formula is C13H19NO3S. The Bertz CT molecular complexity index is 423. The minimum Gasteiger partial charge on any atom is -0.496 e. The van der Waals surface area contributed by atoms with Crippen LogP contribution >= 0.6 is 11.8 Å². The van der Waals surface area contributed by atoms with Crippen molar-refractivity contribution in [1.29, 1.82) is 0 Å². The van der Waals surface area contributed by atoms with Crippen molar-refractivity contribution in [3.63, 3.8) is 0 Å². The van der Waals surface area contributed by atoms with E-state index in [0.29, 0.717) is 5.69 Å². The number of esters is 1. The van der Waals surface area contributed by atoms with Gasteiger partial charge in [-0.15, -0.1) is 11.8 Å². The minimum atomic E-state index is -0.204. The van der Waals surface area contributed by atoms with E-state index in [9.17, 15) is 4.79 Å². The molecular weight excluding hydrogens is 250 g/mol. The Morgan fingerprint density at radius 2 is 2.00 bits per heavy atom. The van der Waals surface area contributed by atoms with E-state index < -0.39 is 0 Å². The summed E-state index contributed by atoms with van der Waals surface area (Å²) in [6, 6.07) is 5.50. The first kappa shape index (κ1) is 14.7. The zero-order valence-electron chi connectivity index (χ0n) is 11.1. The van der Waals surface area contributed by atoms with E-state index in [0.717, 1.165) is 10.6 Å². The van der Waals surface area contributed by atoms with E-state index in [2.05, 4.69) is 0 Å². The normalized spacial score (nSPS) is 13.8. The Hall–Kier alpha value is -1.36. The van der Waals surface area contributed by atoms with E-state index >= 15 is 0 Å². The zero-order valence-corrected chi connectivity index (χ0v) is 11.9. The summed E-state index contributed by atoms with van der Waals surface area (Å²) in [6.45, 7) is 3.84. The number of ether oxygens (including phenoxy) is 2. The van der Waals surface area contributed by atoms with E-state index in [1.54, 1.807) is 24.9 Å². The fourth-order valence-electron chi connectivity index (χ4n) is 1.46. The lowest BCUT2D eigenvalue weighted by molar-refractivity contribution is -0.144. The van der Waals surface area contributed by atoms with Crippen LogP contribution in [-0.4, -0.2) is 25.4 Å². The lowest BCUT2D eigenvalue weighted by Crippen LogP contribution is -2.21. The summed E-state index contributed by atoms with van der Waals surface area (Å²) in [5, 5.41) is 0.0926. The van der Waals surface area contributed by atoms with Crippen LogP contribution in [0.15, 0.2) is 23.1 Å². The maximum atomic E-state index is 11.5. The average Bonchev–Trinajstić information content (AvgIpc) is 2.38. The Labute approximate surface area is 112 Å². The number of hydrogen-bond donors (Lipinski definition) is 1. The molecule has 100 valence electrons. The van der Waals surface area contributed by atoms with Crippen LogP contribution in [0.25, 0.3) is 0 Å². The van der Waals surface area contributed by atoms with Crippen molar-refractivity contribution in [1.82, 2.24) is 0 Å². The molecule has 0 heterocycles. The van der Waals surface area contributed by atoms with E-state index in [1.807, 2.05) is 26.0 Å². The van der Waals surface area contributed by atoms with E-state index in [4.69, 9.17) is 15.2 Å². The molecule has 0 aliphatic carbocycles. The maximum absolute atomic E-state index is 11.5. The molecule has 0 aliphatic heterocycles. The SMILES string of the molecule is COC(=O)C(C)C(C)Sc1ccc(N)cc1OC. The van der Waals surface area contributed by atoms with Crippen LogP contribution in [0.5, 0.6) is 5.75 Å². The highest BCUT2D eigenvalue weighted by Gasteiger charge is 2.22. The van der Waals surface area contributed by atoms with Crippen molar-refractivity contribution in [2.45, 2.75) is 24.0 Å². The molecule has 5 heteroatoms. The van der Waals surface area contributed by atoms with Gasteiger partial charge in [-0.3, -0.25) is 4.79 Å². The molecule has 0 amide bonds. The van der Waals surface area contributed by atoms with Crippen LogP contribution in [0.2, 0.25) is 0 Å². The Kier molecular flexibility index (Phi) is 5.34. The predicted molar refractivity (Wildman–Crippen MR) is 73.9 cm³/mol. The number of benzene rings is 1. The van der Waals surface area contributed by atoms with Crippen molar-refractivity contribution in [2.75, 3.05) is 20.0 Å². The molecule has 2 N–H and O–H groups in total. The number of anilines is 1. The summed E-state index contributed by atoms with van der Waals surface area (Å²) in [5.41, 5.74) is 6.36. The summed E-state index contributed by atoms with van der Waals surface area (Å²) in [6.07, 6.45) is 0. The van der Waals surface area contributed by atoms with Gasteiger partial charge < -0.3 is 15.2 Å². The molecule has 1 rings (SSSR count). The van der Waals surface area contributed by atoms with Gasteiger partial charge in [-0.25, -0.2) is 0 Å². The number of nitrogens with two attached hydrogens (primary N) is 1. The summed E-state index contributed by atoms with van der Waals surface area (Å²) in [4.78, 5) is 12.4. The van der Waals surface area contributed by atoms with Crippen molar-refractivity contribution in [3.8, 4) is 5.75 Å². The van der Waals surface area contributed by atoms with Crippen molar-refractivity contribution in [2.24, 2.45) is 5.92 Å². The number of rotatable bonds is 5. The Balaban J connectivity index is 2.81. The number of methoxy groups -OCH3 is 2. The van der Waals surface area contributed by atoms with Gasteiger partial charge in [0.2, 0.25) is 0 Å². The molecule has 0 radical (unpaired) electrons. The lowest BCUT2D eigenvalue weighted by atomic mass is 10.1. The van der Waals surface area contributed by atoms with Gasteiger partial charge in [0.25, 0.3) is 0 Å². The summed E-state index contributed by atoms with van der Waals surface area (Å²) >= 11 is 1.57. The van der Waals surface area contributed by atoms with Gasteiger partial charge in [-0.05, 0) is 12.1 Å². The second-order valence-electron chi connectivity index (χ2n) is 4.05. The van der Waals surface area contributed by atoms with Crippen molar-refractivity contribution in [3.05, 3.63) is 18.2 Å². The topological polar surface area (TPSA) is 61.5 Å². The van der Waals surface area contributed by atoms with Gasteiger partial charge >= 0.3 is 5.97 Å². The molecule has 0 saturated heterocycles. The third kappa shape index (κ3) is 3.57. The van der Waals surface area contributed by atoms with Crippen LogP contribution in [0.4, 0.5) is 5.69 Å². The monoisotopic (exact) mass is 269 g/mol. The highest BCUT2D eigenvalue weighted by molar-refractivity contribution is 8.00. The van der Waals surface area contributed by atoms with E-state index in [1.165, 1.54) is 7.11 Å². The number of thioether (sulfide) groups is 1. The summed E-state index contributed by atoms with van der Waals surface area (Å²) in [5.74, 6) is 0.343. The predicted octanol–water partition coefficient (Wildman–Crippen LogP) is 2.57. The molecule has 0 aromatic heterocycles. The third-order valence-electron chi connectivity index (χ3n) is 2.78. The zero-order chi connectivity index (χ0) is 13.7. The summed E-state index contributed by atoms with van der Waals surface area (Å²) < 4.78 is 10.0. The van der Waals surface area contributed by atoms with Gasteiger partial charge in [0.15, 0.2) is 0 Å². The van der Waals surface area contributed by atoms with Gasteiger partial charge in [0.1, 0.15) is 5.75 Å². The molecule has 0 aliphatic rings. The molecule has 0 bridgehead atoms. The molecule has 1 aromatic rings. The highest BCUT2D eigenvalue weighted by Crippen LogP contribution is 2.36. The molecule has 0 saturated carbocycles. The molecule has 2 atom stereocenters. The van der Waals surface area contributed by atoms with E-state index in [-0.39, 0.29) is 17.1 Å². The standard InChI is InChI=1S/C13H19NO3S/c1-8(13(15)17-4)9(2)18-12-6-5-10(14)7-11(12)16-3/h5-9H,14H2,1-4H3. The third-order valence-corrected chi connectivity index (χ3v) is 4.15. The first-order chi connectivity index (χ1) is 8.49. The highest BCUT2D eigenvalue weighted by atomic mass is 32.2. The van der Waals surface area contributed by atoms with Gasteiger partial charge in [-0.1, -0.05) is 13.8 Å². The number of nitrogen functional groups attached to an aromatic ring is 1. The fourth-order valence-corrected chi connectivity index (χ4v) is 2.58. The van der Waals surface area contributed by atoms with Crippen LogP contribution in [0.3, 0.4) is 0 Å². The van der Waals surface area contributed by atoms with Gasteiger partial charge in [0.05, 0.1) is 20.1 Å². The van der Waals surface area contributed by atoms with Crippen LogP contribution in [-0.2, 0) is 9.53 Å². The molecule has 1 aromatic carbocycles. The lowest BCUT2D eigenvalue weighted by Gasteiger charge is -2.18. The quantitative estimate of drug-likeness (QED) is 0.505. The van der Waals surface area contributed by atoms with Gasteiger partial charge in [0, 0.05) is 21.9 Å². The Morgan fingerprint density at radius 1 is 1.33 bits per heavy atom. The summed E-state index contributed by atoms with van der Waals surface area (Å²) in [7, 11) is 3.01. The van der Waals surface area contributed by atoms with Crippen LogP contribution in [0, 0.1) is 5.92 Å². The smallest absolute Gasteiger partial charge is 0.309 e. The molecule has 0 fully saturated rings. The minimum absolute atomic E-state index is 0.0926. The number of carbonyl (C=O) groups is 1.